The van der Waals surface area contributed by atoms with Crippen molar-refractivity contribution in [3.05, 3.63) is 63.6 Å². The Morgan fingerprint density at radius 1 is 1.15 bits per heavy atom. The van der Waals surface area contributed by atoms with E-state index in [2.05, 4.69) is 28.1 Å². The molecule has 0 fully saturated rings. The van der Waals surface area contributed by atoms with E-state index in [0.717, 1.165) is 28.6 Å². The smallest absolute Gasteiger partial charge is 0.124 e. The van der Waals surface area contributed by atoms with Crippen LogP contribution >= 0.6 is 27.5 Å². The minimum Gasteiger partial charge on any atom is -0.486 e. The highest BCUT2D eigenvalue weighted by atomic mass is 79.9. The van der Waals surface area contributed by atoms with E-state index in [4.69, 9.17) is 22.1 Å². The number of rotatable bonds is 6. The third kappa shape index (κ3) is 4.51. The normalized spacial score (nSPS) is 12.2. The lowest BCUT2D eigenvalue weighted by Crippen LogP contribution is -2.10. The fourth-order valence-electron chi connectivity index (χ4n) is 1.98. The molecular formula is C16H17BrClNO. The van der Waals surface area contributed by atoms with Gasteiger partial charge >= 0.3 is 0 Å². The van der Waals surface area contributed by atoms with Crippen LogP contribution in [0.15, 0.2) is 53.0 Å². The van der Waals surface area contributed by atoms with Crippen molar-refractivity contribution in [2.24, 2.45) is 5.73 Å². The zero-order valence-electron chi connectivity index (χ0n) is 11.1. The summed E-state index contributed by atoms with van der Waals surface area (Å²) in [5.74, 6) is 0.780. The lowest BCUT2D eigenvalue weighted by molar-refractivity contribution is 0.192. The SMILES string of the molecule is NCCCC(Oc1cccc(Cl)c1)c1ccc(Br)cc1. The van der Waals surface area contributed by atoms with E-state index in [1.807, 2.05) is 36.4 Å². The van der Waals surface area contributed by atoms with E-state index < -0.39 is 0 Å². The number of benzene rings is 2. The van der Waals surface area contributed by atoms with Crippen molar-refractivity contribution in [3.8, 4) is 5.75 Å². The van der Waals surface area contributed by atoms with Crippen LogP contribution in [-0.4, -0.2) is 6.54 Å². The zero-order valence-corrected chi connectivity index (χ0v) is 13.4. The van der Waals surface area contributed by atoms with Crippen molar-refractivity contribution in [1.82, 2.24) is 0 Å². The Kier molecular flexibility index (Phi) is 5.89. The Morgan fingerprint density at radius 3 is 2.55 bits per heavy atom. The van der Waals surface area contributed by atoms with Gasteiger partial charge in [0.1, 0.15) is 11.9 Å². The fourth-order valence-corrected chi connectivity index (χ4v) is 2.42. The maximum atomic E-state index is 6.07. The van der Waals surface area contributed by atoms with Crippen LogP contribution in [-0.2, 0) is 0 Å². The van der Waals surface area contributed by atoms with Crippen molar-refractivity contribution in [2.45, 2.75) is 18.9 Å². The first kappa shape index (κ1) is 15.4. The molecule has 0 saturated heterocycles. The average Bonchev–Trinajstić information content (AvgIpc) is 2.44. The van der Waals surface area contributed by atoms with Gasteiger partial charge in [0.05, 0.1) is 0 Å². The summed E-state index contributed by atoms with van der Waals surface area (Å²) in [6.45, 7) is 0.659. The quantitative estimate of drug-likeness (QED) is 0.795. The number of halogens is 2. The van der Waals surface area contributed by atoms with Crippen molar-refractivity contribution >= 4 is 27.5 Å². The molecular weight excluding hydrogens is 338 g/mol. The van der Waals surface area contributed by atoms with Crippen LogP contribution in [0.3, 0.4) is 0 Å². The molecule has 0 spiro atoms. The van der Waals surface area contributed by atoms with Crippen LogP contribution in [0.25, 0.3) is 0 Å². The molecule has 1 unspecified atom stereocenters. The third-order valence-electron chi connectivity index (χ3n) is 2.99. The topological polar surface area (TPSA) is 35.2 Å². The van der Waals surface area contributed by atoms with Crippen LogP contribution in [0.4, 0.5) is 0 Å². The van der Waals surface area contributed by atoms with Gasteiger partial charge in [-0.15, -0.1) is 0 Å². The Balaban J connectivity index is 2.16. The second kappa shape index (κ2) is 7.67. The highest BCUT2D eigenvalue weighted by molar-refractivity contribution is 9.10. The number of ether oxygens (including phenoxy) is 1. The second-order valence-electron chi connectivity index (χ2n) is 4.55. The molecule has 0 aliphatic rings. The molecule has 0 aromatic heterocycles. The first-order valence-corrected chi connectivity index (χ1v) is 7.74. The third-order valence-corrected chi connectivity index (χ3v) is 3.75. The van der Waals surface area contributed by atoms with Crippen molar-refractivity contribution in [1.29, 1.82) is 0 Å². The van der Waals surface area contributed by atoms with Gasteiger partial charge in [-0.05, 0) is 55.3 Å². The Hall–Kier alpha value is -1.03. The summed E-state index contributed by atoms with van der Waals surface area (Å²) < 4.78 is 7.13. The van der Waals surface area contributed by atoms with Gasteiger partial charge in [-0.1, -0.05) is 45.7 Å². The van der Waals surface area contributed by atoms with E-state index >= 15 is 0 Å². The fraction of sp³-hybridized carbons (Fsp3) is 0.250. The molecule has 2 rings (SSSR count). The van der Waals surface area contributed by atoms with E-state index in [-0.39, 0.29) is 6.10 Å². The molecule has 0 bridgehead atoms. The van der Waals surface area contributed by atoms with Gasteiger partial charge in [0.15, 0.2) is 0 Å². The molecule has 4 heteroatoms. The molecule has 0 radical (unpaired) electrons. The highest BCUT2D eigenvalue weighted by Gasteiger charge is 2.13. The van der Waals surface area contributed by atoms with Crippen LogP contribution in [0, 0.1) is 0 Å². The molecule has 0 aliphatic carbocycles. The van der Waals surface area contributed by atoms with Gasteiger partial charge in [-0.3, -0.25) is 0 Å². The second-order valence-corrected chi connectivity index (χ2v) is 5.90. The lowest BCUT2D eigenvalue weighted by atomic mass is 10.0. The summed E-state index contributed by atoms with van der Waals surface area (Å²) in [6.07, 6.45) is 1.79. The van der Waals surface area contributed by atoms with E-state index in [0.29, 0.717) is 11.6 Å². The van der Waals surface area contributed by atoms with Crippen LogP contribution in [0.2, 0.25) is 5.02 Å². The summed E-state index contributed by atoms with van der Waals surface area (Å²) in [5, 5.41) is 0.677. The van der Waals surface area contributed by atoms with E-state index in [9.17, 15) is 0 Å². The molecule has 2 aromatic rings. The summed E-state index contributed by atoms with van der Waals surface area (Å²) in [6, 6.07) is 15.6. The molecule has 2 nitrogen and oxygen atoms in total. The number of hydrogen-bond acceptors (Lipinski definition) is 2. The summed E-state index contributed by atoms with van der Waals surface area (Å²) in [7, 11) is 0. The van der Waals surface area contributed by atoms with Gasteiger partial charge in [0.25, 0.3) is 0 Å². The van der Waals surface area contributed by atoms with Crippen molar-refractivity contribution in [2.75, 3.05) is 6.54 Å². The minimum absolute atomic E-state index is 0.00915. The van der Waals surface area contributed by atoms with Crippen LogP contribution in [0.1, 0.15) is 24.5 Å². The standard InChI is InChI=1S/C16H17BrClNO/c17-13-8-6-12(7-9-13)16(5-2-10-19)20-15-4-1-3-14(18)11-15/h1,3-4,6-9,11,16H,2,5,10,19H2. The van der Waals surface area contributed by atoms with E-state index in [1.54, 1.807) is 0 Å². The van der Waals surface area contributed by atoms with Crippen molar-refractivity contribution in [3.63, 3.8) is 0 Å². The van der Waals surface area contributed by atoms with Gasteiger partial charge in [-0.2, -0.15) is 0 Å². The molecule has 1 atom stereocenters. The molecule has 0 amide bonds. The minimum atomic E-state index is -0.00915. The van der Waals surface area contributed by atoms with Gasteiger partial charge in [-0.25, -0.2) is 0 Å². The largest absolute Gasteiger partial charge is 0.486 e. The Morgan fingerprint density at radius 2 is 1.90 bits per heavy atom. The van der Waals surface area contributed by atoms with Gasteiger partial charge in [0, 0.05) is 9.50 Å². The summed E-state index contributed by atoms with van der Waals surface area (Å²) >= 11 is 9.44. The van der Waals surface area contributed by atoms with Gasteiger partial charge < -0.3 is 10.5 Å². The predicted molar refractivity (Wildman–Crippen MR) is 87.3 cm³/mol. The predicted octanol–water partition coefficient (Wildman–Crippen LogP) is 4.96. The van der Waals surface area contributed by atoms with Crippen LogP contribution in [0.5, 0.6) is 5.75 Å². The molecule has 106 valence electrons. The van der Waals surface area contributed by atoms with Crippen molar-refractivity contribution < 1.29 is 4.74 Å². The average molecular weight is 355 g/mol. The molecule has 0 aliphatic heterocycles. The molecule has 2 aromatic carbocycles. The maximum absolute atomic E-state index is 6.07. The molecule has 0 saturated carbocycles. The molecule has 20 heavy (non-hydrogen) atoms. The highest BCUT2D eigenvalue weighted by Crippen LogP contribution is 2.28. The first-order chi connectivity index (χ1) is 9.69. The molecule has 2 N–H and O–H groups in total. The number of nitrogens with two attached hydrogens (primary N) is 1. The number of hydrogen-bond donors (Lipinski definition) is 1. The van der Waals surface area contributed by atoms with Crippen LogP contribution < -0.4 is 10.5 Å². The Labute approximate surface area is 133 Å². The maximum Gasteiger partial charge on any atom is 0.124 e. The van der Waals surface area contributed by atoms with E-state index in [1.165, 1.54) is 0 Å². The summed E-state index contributed by atoms with van der Waals surface area (Å²) in [5.41, 5.74) is 6.75. The summed E-state index contributed by atoms with van der Waals surface area (Å²) in [4.78, 5) is 0. The van der Waals surface area contributed by atoms with Gasteiger partial charge in [0.2, 0.25) is 0 Å². The lowest BCUT2D eigenvalue weighted by Gasteiger charge is -2.19. The Bertz CT molecular complexity index is 544. The zero-order chi connectivity index (χ0) is 14.4. The first-order valence-electron chi connectivity index (χ1n) is 6.57. The monoisotopic (exact) mass is 353 g/mol. The molecule has 0 heterocycles.